The van der Waals surface area contributed by atoms with Crippen LogP contribution >= 0.6 is 11.6 Å². The van der Waals surface area contributed by atoms with E-state index in [0.29, 0.717) is 34.1 Å². The van der Waals surface area contributed by atoms with Gasteiger partial charge in [-0.3, -0.25) is 14.6 Å². The number of hydrogen-bond donors (Lipinski definition) is 2. The van der Waals surface area contributed by atoms with E-state index < -0.39 is 5.54 Å². The molecular formula is C26H28ClN5O2. The molecule has 2 aromatic carbocycles. The first kappa shape index (κ1) is 23.7. The minimum Gasteiger partial charge on any atom is -0.370 e. The quantitative estimate of drug-likeness (QED) is 0.598. The highest BCUT2D eigenvalue weighted by molar-refractivity contribution is 6.38. The number of nitrogens with zero attached hydrogens (tertiary/aromatic N) is 3. The average Bonchev–Trinajstić information content (AvgIpc) is 3.34. The van der Waals surface area contributed by atoms with Crippen molar-refractivity contribution in [3.8, 4) is 0 Å². The zero-order valence-corrected chi connectivity index (χ0v) is 20.5. The largest absolute Gasteiger partial charge is 0.370 e. The lowest BCUT2D eigenvalue weighted by atomic mass is 9.91. The molecule has 0 bridgehead atoms. The average molecular weight is 478 g/mol. The van der Waals surface area contributed by atoms with Gasteiger partial charge in [0.1, 0.15) is 5.54 Å². The Morgan fingerprint density at radius 1 is 1.12 bits per heavy atom. The zero-order chi connectivity index (χ0) is 24.5. The van der Waals surface area contributed by atoms with Gasteiger partial charge in [-0.05, 0) is 38.7 Å². The summed E-state index contributed by atoms with van der Waals surface area (Å²) in [6.07, 6.45) is 3.30. The minimum atomic E-state index is -0.906. The molecule has 176 valence electrons. The molecule has 8 heteroatoms. The number of fused-ring (bicyclic) bond motifs is 1. The van der Waals surface area contributed by atoms with Crippen molar-refractivity contribution in [2.45, 2.75) is 12.5 Å². The van der Waals surface area contributed by atoms with E-state index in [0.717, 1.165) is 17.7 Å². The van der Waals surface area contributed by atoms with Crippen LogP contribution in [0.4, 0.5) is 5.69 Å². The topological polar surface area (TPSA) is 77.0 Å². The number of nitrogens with one attached hydrogen (secondary N) is 2. The molecule has 0 saturated heterocycles. The molecule has 0 saturated carbocycles. The van der Waals surface area contributed by atoms with Gasteiger partial charge in [0, 0.05) is 43.1 Å². The van der Waals surface area contributed by atoms with Gasteiger partial charge in [0.2, 0.25) is 0 Å². The number of likely N-dealkylation sites (N-methyl/N-ethyl adjacent to an activating group) is 2. The van der Waals surface area contributed by atoms with Crippen molar-refractivity contribution in [2.75, 3.05) is 39.5 Å². The van der Waals surface area contributed by atoms with E-state index in [9.17, 15) is 9.59 Å². The van der Waals surface area contributed by atoms with Crippen molar-refractivity contribution >= 4 is 46.6 Å². The van der Waals surface area contributed by atoms with Crippen LogP contribution in [0.25, 0.3) is 11.3 Å². The predicted molar refractivity (Wildman–Crippen MR) is 138 cm³/mol. The van der Waals surface area contributed by atoms with Crippen molar-refractivity contribution in [2.24, 2.45) is 4.99 Å². The lowest BCUT2D eigenvalue weighted by molar-refractivity contribution is -0.126. The number of rotatable bonds is 7. The molecular weight excluding hydrogens is 450 g/mol. The maximum absolute atomic E-state index is 13.3. The third kappa shape index (κ3) is 4.62. The van der Waals surface area contributed by atoms with E-state index >= 15 is 0 Å². The molecule has 2 aromatic rings. The van der Waals surface area contributed by atoms with Crippen LogP contribution in [0, 0.1) is 0 Å². The number of hydrogen-bond acceptors (Lipinski definition) is 5. The molecule has 0 radical (unpaired) electrons. The summed E-state index contributed by atoms with van der Waals surface area (Å²) in [7, 11) is 5.72. The predicted octanol–water partition coefficient (Wildman–Crippen LogP) is 3.50. The Balaban J connectivity index is 1.75. The number of amides is 2. The molecule has 7 nitrogen and oxygen atoms in total. The van der Waals surface area contributed by atoms with E-state index in [1.54, 1.807) is 36.5 Å². The second-order valence-corrected chi connectivity index (χ2v) is 9.37. The van der Waals surface area contributed by atoms with Crippen LogP contribution in [0.2, 0.25) is 5.02 Å². The van der Waals surface area contributed by atoms with E-state index in [4.69, 9.17) is 11.6 Å². The van der Waals surface area contributed by atoms with E-state index in [1.807, 2.05) is 62.3 Å². The summed E-state index contributed by atoms with van der Waals surface area (Å²) in [5, 5.41) is 6.95. The minimum absolute atomic E-state index is 0.116. The van der Waals surface area contributed by atoms with Gasteiger partial charge in [0.25, 0.3) is 11.8 Å². The summed E-state index contributed by atoms with van der Waals surface area (Å²) in [6.45, 7) is 3.23. The van der Waals surface area contributed by atoms with Crippen molar-refractivity contribution in [3.63, 3.8) is 0 Å². The highest BCUT2D eigenvalue weighted by Crippen LogP contribution is 2.39. The Bertz CT molecular complexity index is 1220. The third-order valence-electron chi connectivity index (χ3n) is 5.98. The van der Waals surface area contributed by atoms with Crippen LogP contribution in [0.3, 0.4) is 0 Å². The number of aliphatic imine (C=N–C) groups is 1. The number of carbonyl (C=O) groups is 2. The fraction of sp³-hybridized carbons (Fsp3) is 0.269. The first-order chi connectivity index (χ1) is 16.2. The van der Waals surface area contributed by atoms with Crippen molar-refractivity contribution in [1.29, 1.82) is 0 Å². The zero-order valence-electron chi connectivity index (χ0n) is 19.7. The first-order valence-corrected chi connectivity index (χ1v) is 11.4. The number of halogens is 1. The molecule has 1 unspecified atom stereocenters. The van der Waals surface area contributed by atoms with Gasteiger partial charge in [-0.1, -0.05) is 48.0 Å². The fourth-order valence-corrected chi connectivity index (χ4v) is 4.21. The van der Waals surface area contributed by atoms with Gasteiger partial charge in [0.15, 0.2) is 0 Å². The summed E-state index contributed by atoms with van der Waals surface area (Å²) in [6, 6.07) is 14.9. The first-order valence-electron chi connectivity index (χ1n) is 11.0. The Morgan fingerprint density at radius 2 is 1.85 bits per heavy atom. The van der Waals surface area contributed by atoms with E-state index in [-0.39, 0.29) is 11.8 Å². The molecule has 2 amide bonds. The summed E-state index contributed by atoms with van der Waals surface area (Å²) in [4.78, 5) is 34.5. The van der Waals surface area contributed by atoms with Crippen molar-refractivity contribution < 1.29 is 9.59 Å². The van der Waals surface area contributed by atoms with Crippen LogP contribution < -0.4 is 10.6 Å². The molecule has 2 N–H and O–H groups in total. The van der Waals surface area contributed by atoms with Crippen LogP contribution in [-0.4, -0.2) is 67.6 Å². The molecule has 0 aliphatic carbocycles. The van der Waals surface area contributed by atoms with Crippen LogP contribution in [-0.2, 0) is 9.59 Å². The van der Waals surface area contributed by atoms with Crippen molar-refractivity contribution in [1.82, 2.24) is 15.1 Å². The molecule has 1 atom stereocenters. The second-order valence-electron chi connectivity index (χ2n) is 8.94. The van der Waals surface area contributed by atoms with Gasteiger partial charge in [-0.2, -0.15) is 0 Å². The normalized spacial score (nSPS) is 20.2. The molecule has 2 aliphatic heterocycles. The Labute approximate surface area is 204 Å². The molecule has 34 heavy (non-hydrogen) atoms. The number of benzene rings is 2. The summed E-state index contributed by atoms with van der Waals surface area (Å²) in [5.74, 6) is -0.350. The Morgan fingerprint density at radius 3 is 2.56 bits per heavy atom. The number of anilines is 1. The van der Waals surface area contributed by atoms with E-state index in [2.05, 4.69) is 15.6 Å². The van der Waals surface area contributed by atoms with Gasteiger partial charge in [-0.25, -0.2) is 0 Å². The van der Waals surface area contributed by atoms with Crippen LogP contribution in [0.1, 0.15) is 18.1 Å². The van der Waals surface area contributed by atoms with E-state index in [1.165, 1.54) is 0 Å². The number of carbonyl (C=O) groups excluding carboxylic acids is 2. The summed E-state index contributed by atoms with van der Waals surface area (Å²) < 4.78 is 0. The fourth-order valence-electron chi connectivity index (χ4n) is 4.04. The SMILES string of the molecule is CN(C)CCN(C)C(=O)C1=CN=CC1(C)NC(=C1C(=O)Nc2cc(Cl)ccc21)c1ccccc1. The molecule has 4 rings (SSSR count). The maximum atomic E-state index is 13.3. The standard InChI is InChI=1S/C26H28ClN5O2/c1-26(16-28-15-20(26)25(34)32(4)13-12-31(2)3)30-23(17-8-6-5-7-9-17)22-19-11-10-18(27)14-21(19)29-24(22)33/h5-11,14-16,30H,12-13H2,1-4H3,(H,29,33). The molecule has 0 spiro atoms. The Hall–Kier alpha value is -3.42. The van der Waals surface area contributed by atoms with Crippen LogP contribution in [0.15, 0.2) is 65.3 Å². The monoisotopic (exact) mass is 477 g/mol. The molecule has 0 aromatic heterocycles. The molecule has 2 aliphatic rings. The van der Waals surface area contributed by atoms with Gasteiger partial charge >= 0.3 is 0 Å². The van der Waals surface area contributed by atoms with Gasteiger partial charge < -0.3 is 20.4 Å². The third-order valence-corrected chi connectivity index (χ3v) is 6.21. The van der Waals surface area contributed by atoms with Gasteiger partial charge in [-0.15, -0.1) is 0 Å². The van der Waals surface area contributed by atoms with Gasteiger partial charge in [0.05, 0.1) is 22.5 Å². The summed E-state index contributed by atoms with van der Waals surface area (Å²) in [5.41, 5.74) is 2.94. The summed E-state index contributed by atoms with van der Waals surface area (Å²) >= 11 is 6.15. The maximum Gasteiger partial charge on any atom is 0.258 e. The van der Waals surface area contributed by atoms with Crippen LogP contribution in [0.5, 0.6) is 0 Å². The second kappa shape index (κ2) is 9.44. The Kier molecular flexibility index (Phi) is 6.59. The lowest BCUT2D eigenvalue weighted by Gasteiger charge is -2.31. The smallest absolute Gasteiger partial charge is 0.258 e. The molecule has 2 heterocycles. The van der Waals surface area contributed by atoms with Crippen molar-refractivity contribution in [3.05, 3.63) is 76.5 Å². The molecule has 0 fully saturated rings. The lowest BCUT2D eigenvalue weighted by Crippen LogP contribution is -2.49. The highest BCUT2D eigenvalue weighted by Gasteiger charge is 2.39. The highest BCUT2D eigenvalue weighted by atomic mass is 35.5.